The summed E-state index contributed by atoms with van der Waals surface area (Å²) in [4.78, 5) is 49.6. The van der Waals surface area contributed by atoms with Crippen molar-refractivity contribution in [3.05, 3.63) is 34.1 Å². The summed E-state index contributed by atoms with van der Waals surface area (Å²) in [5.41, 5.74) is 0.922. The number of halogens is 1. The average Bonchev–Trinajstić information content (AvgIpc) is 2.74. The molecule has 1 fully saturated rings. The van der Waals surface area contributed by atoms with E-state index in [4.69, 9.17) is 0 Å². The molecule has 1 saturated heterocycles. The van der Waals surface area contributed by atoms with Crippen LogP contribution in [-0.4, -0.2) is 47.7 Å². The van der Waals surface area contributed by atoms with Crippen molar-refractivity contribution >= 4 is 23.6 Å². The summed E-state index contributed by atoms with van der Waals surface area (Å²) in [6.07, 6.45) is 1.10. The monoisotopic (exact) mass is 345 g/mol. The number of rotatable bonds is 1. The molecule has 0 bridgehead atoms. The Morgan fingerprint density at radius 2 is 1.80 bits per heavy atom. The summed E-state index contributed by atoms with van der Waals surface area (Å²) >= 11 is 0. The van der Waals surface area contributed by atoms with Gasteiger partial charge in [0.15, 0.2) is 0 Å². The van der Waals surface area contributed by atoms with Gasteiger partial charge in [0.2, 0.25) is 11.8 Å². The van der Waals surface area contributed by atoms with Crippen molar-refractivity contribution in [3.8, 4) is 0 Å². The number of nitrogens with one attached hydrogen (secondary N) is 2. The Labute approximate surface area is 142 Å². The van der Waals surface area contributed by atoms with Gasteiger partial charge in [-0.1, -0.05) is 0 Å². The zero-order valence-electron chi connectivity index (χ0n) is 13.4. The lowest BCUT2D eigenvalue weighted by molar-refractivity contribution is -0.136. The number of fused-ring (bicyclic) bond motifs is 2. The third-order valence-electron chi connectivity index (χ3n) is 4.99. The minimum Gasteiger partial charge on any atom is -0.316 e. The first kappa shape index (κ1) is 15.9. The van der Waals surface area contributed by atoms with Gasteiger partial charge in [-0.2, -0.15) is 0 Å². The highest BCUT2D eigenvalue weighted by atomic mass is 19.1. The fraction of sp³-hybridized carbons (Fsp3) is 0.412. The smallest absolute Gasteiger partial charge is 0.265 e. The second-order valence-corrected chi connectivity index (χ2v) is 6.45. The summed E-state index contributed by atoms with van der Waals surface area (Å²) in [5.74, 6) is -3.27. The van der Waals surface area contributed by atoms with Crippen LogP contribution in [0.5, 0.6) is 0 Å². The molecule has 4 amide bonds. The van der Waals surface area contributed by atoms with Crippen LogP contribution in [0.2, 0.25) is 0 Å². The molecule has 130 valence electrons. The number of imide groups is 2. The van der Waals surface area contributed by atoms with E-state index in [0.29, 0.717) is 37.1 Å². The number of nitrogens with zero attached hydrogens (tertiary/aromatic N) is 1. The van der Waals surface area contributed by atoms with Crippen molar-refractivity contribution in [1.82, 2.24) is 15.5 Å². The van der Waals surface area contributed by atoms with Crippen LogP contribution in [0.1, 0.15) is 44.7 Å². The van der Waals surface area contributed by atoms with Crippen molar-refractivity contribution in [3.63, 3.8) is 0 Å². The molecule has 4 rings (SSSR count). The van der Waals surface area contributed by atoms with E-state index in [-0.39, 0.29) is 24.0 Å². The van der Waals surface area contributed by atoms with Gasteiger partial charge >= 0.3 is 0 Å². The second kappa shape index (κ2) is 5.73. The summed E-state index contributed by atoms with van der Waals surface area (Å²) in [6, 6.07) is 0.498. The Balaban J connectivity index is 1.76. The lowest BCUT2D eigenvalue weighted by Crippen LogP contribution is -2.54. The Morgan fingerprint density at radius 3 is 2.56 bits per heavy atom. The van der Waals surface area contributed by atoms with Crippen LogP contribution in [0.25, 0.3) is 0 Å². The van der Waals surface area contributed by atoms with E-state index in [9.17, 15) is 23.6 Å². The lowest BCUT2D eigenvalue weighted by atomic mass is 9.95. The van der Waals surface area contributed by atoms with Gasteiger partial charge in [-0.3, -0.25) is 29.4 Å². The molecule has 1 unspecified atom stereocenters. The lowest BCUT2D eigenvalue weighted by Gasteiger charge is -2.27. The summed E-state index contributed by atoms with van der Waals surface area (Å²) in [7, 11) is 0. The zero-order chi connectivity index (χ0) is 17.7. The fourth-order valence-electron chi connectivity index (χ4n) is 3.73. The number of hydrogen-bond donors (Lipinski definition) is 2. The molecule has 3 aliphatic rings. The van der Waals surface area contributed by atoms with Crippen LogP contribution in [0.3, 0.4) is 0 Å². The van der Waals surface area contributed by atoms with E-state index < -0.39 is 35.5 Å². The Bertz CT molecular complexity index is 836. The van der Waals surface area contributed by atoms with Gasteiger partial charge in [-0.05, 0) is 49.5 Å². The molecule has 0 radical (unpaired) electrons. The summed E-state index contributed by atoms with van der Waals surface area (Å²) < 4.78 is 15.0. The second-order valence-electron chi connectivity index (χ2n) is 6.45. The van der Waals surface area contributed by atoms with Crippen LogP contribution in [0.15, 0.2) is 6.07 Å². The van der Waals surface area contributed by atoms with Crippen LogP contribution >= 0.6 is 0 Å². The molecular weight excluding hydrogens is 329 g/mol. The number of hydrogen-bond acceptors (Lipinski definition) is 5. The molecule has 8 heteroatoms. The third-order valence-corrected chi connectivity index (χ3v) is 4.99. The minimum absolute atomic E-state index is 0.00727. The van der Waals surface area contributed by atoms with Gasteiger partial charge in [-0.15, -0.1) is 0 Å². The standard InChI is InChI=1S/C17H16FN3O4/c18-14-9-4-6-19-5-3-8(9)7-10-13(14)17(25)21(16(10)24)11-1-2-12(22)20-15(11)23/h7,11,19H,1-6H2,(H,20,22,23). The molecule has 2 N–H and O–H groups in total. The van der Waals surface area contributed by atoms with Crippen molar-refractivity contribution in [2.45, 2.75) is 31.7 Å². The number of benzene rings is 1. The van der Waals surface area contributed by atoms with E-state index in [1.807, 2.05) is 0 Å². The maximum Gasteiger partial charge on any atom is 0.265 e. The molecule has 0 spiro atoms. The minimum atomic E-state index is -1.08. The molecule has 1 aromatic rings. The first-order valence-corrected chi connectivity index (χ1v) is 8.25. The topological polar surface area (TPSA) is 95.6 Å². The van der Waals surface area contributed by atoms with Crippen LogP contribution < -0.4 is 10.6 Å². The molecule has 3 aliphatic heterocycles. The predicted octanol–water partition coefficient (Wildman–Crippen LogP) is -0.0849. The van der Waals surface area contributed by atoms with E-state index in [1.54, 1.807) is 6.07 Å². The number of piperidine rings is 1. The SMILES string of the molecule is O=C1CCC(N2C(=O)c3cc4c(c(F)c3C2=O)CCNCC4)C(=O)N1. The van der Waals surface area contributed by atoms with Gasteiger partial charge in [0, 0.05) is 6.42 Å². The highest BCUT2D eigenvalue weighted by molar-refractivity contribution is 6.23. The quantitative estimate of drug-likeness (QED) is 0.694. The molecular formula is C17H16FN3O4. The maximum absolute atomic E-state index is 15.0. The normalized spacial score (nSPS) is 23.2. The van der Waals surface area contributed by atoms with Crippen LogP contribution in [0.4, 0.5) is 4.39 Å². The van der Waals surface area contributed by atoms with Crippen LogP contribution in [0, 0.1) is 5.82 Å². The van der Waals surface area contributed by atoms with Crippen LogP contribution in [-0.2, 0) is 22.4 Å². The Hall–Kier alpha value is -2.61. The van der Waals surface area contributed by atoms with Gasteiger partial charge in [0.1, 0.15) is 11.9 Å². The first-order valence-electron chi connectivity index (χ1n) is 8.25. The van der Waals surface area contributed by atoms with Gasteiger partial charge in [0.25, 0.3) is 11.8 Å². The zero-order valence-corrected chi connectivity index (χ0v) is 13.4. The fourth-order valence-corrected chi connectivity index (χ4v) is 3.73. The largest absolute Gasteiger partial charge is 0.316 e. The van der Waals surface area contributed by atoms with E-state index in [0.717, 1.165) is 4.90 Å². The molecule has 0 aliphatic carbocycles. The van der Waals surface area contributed by atoms with E-state index in [2.05, 4.69) is 10.6 Å². The Kier molecular flexibility index (Phi) is 3.64. The molecule has 3 heterocycles. The number of carbonyl (C=O) groups excluding carboxylic acids is 4. The highest BCUT2D eigenvalue weighted by Gasteiger charge is 2.46. The number of carbonyl (C=O) groups is 4. The van der Waals surface area contributed by atoms with Crippen molar-refractivity contribution in [1.29, 1.82) is 0 Å². The van der Waals surface area contributed by atoms with Crippen molar-refractivity contribution in [2.75, 3.05) is 13.1 Å². The molecule has 7 nitrogen and oxygen atoms in total. The van der Waals surface area contributed by atoms with Gasteiger partial charge in [-0.25, -0.2) is 4.39 Å². The summed E-state index contributed by atoms with van der Waals surface area (Å²) in [5, 5.41) is 5.28. The maximum atomic E-state index is 15.0. The molecule has 25 heavy (non-hydrogen) atoms. The van der Waals surface area contributed by atoms with Crippen molar-refractivity contribution in [2.24, 2.45) is 0 Å². The molecule has 1 atom stereocenters. The average molecular weight is 345 g/mol. The first-order chi connectivity index (χ1) is 12.0. The molecule has 1 aromatic carbocycles. The summed E-state index contributed by atoms with van der Waals surface area (Å²) in [6.45, 7) is 1.27. The van der Waals surface area contributed by atoms with E-state index in [1.165, 1.54) is 0 Å². The van der Waals surface area contributed by atoms with Gasteiger partial charge in [0.05, 0.1) is 11.1 Å². The molecule has 0 saturated carbocycles. The van der Waals surface area contributed by atoms with Gasteiger partial charge < -0.3 is 5.32 Å². The third kappa shape index (κ3) is 2.36. The Morgan fingerprint density at radius 1 is 1.04 bits per heavy atom. The number of amides is 4. The predicted molar refractivity (Wildman–Crippen MR) is 83.3 cm³/mol. The van der Waals surface area contributed by atoms with E-state index >= 15 is 0 Å². The molecule has 0 aromatic heterocycles. The highest BCUT2D eigenvalue weighted by Crippen LogP contribution is 2.33. The van der Waals surface area contributed by atoms with Crippen molar-refractivity contribution < 1.29 is 23.6 Å².